The lowest BCUT2D eigenvalue weighted by molar-refractivity contribution is 0.357. The minimum atomic E-state index is -3.28. The molecular formula is C20H26N2O3S. The molecular weight excluding hydrogens is 348 g/mol. The van der Waals surface area contributed by atoms with Gasteiger partial charge in [-0.15, -0.1) is 0 Å². The maximum absolute atomic E-state index is 12.0. The summed E-state index contributed by atoms with van der Waals surface area (Å²) in [5.74, 6) is 1.02. The predicted molar refractivity (Wildman–Crippen MR) is 104 cm³/mol. The lowest BCUT2D eigenvalue weighted by Gasteiger charge is -2.10. The van der Waals surface area contributed by atoms with Crippen LogP contribution in [0.1, 0.15) is 36.1 Å². The van der Waals surface area contributed by atoms with E-state index >= 15 is 0 Å². The summed E-state index contributed by atoms with van der Waals surface area (Å²) in [5, 5.41) is 3.43. The van der Waals surface area contributed by atoms with E-state index < -0.39 is 10.0 Å². The fraction of sp³-hybridized carbons (Fsp3) is 0.400. The molecule has 0 amide bonds. The smallest absolute Gasteiger partial charge is 0.216 e. The SMILES string of the molecule is CC(C)NS(=O)(=O)Cc1ccc(CNCc2ccc3c(c2)CCO3)cc1. The molecule has 0 spiro atoms. The van der Waals surface area contributed by atoms with E-state index in [0.717, 1.165) is 43.0 Å². The molecule has 2 N–H and O–H groups in total. The van der Waals surface area contributed by atoms with Crippen LogP contribution >= 0.6 is 0 Å². The Bertz CT molecular complexity index is 846. The van der Waals surface area contributed by atoms with Crippen molar-refractivity contribution in [3.63, 3.8) is 0 Å². The Morgan fingerprint density at radius 1 is 1.00 bits per heavy atom. The van der Waals surface area contributed by atoms with Crippen LogP contribution in [-0.2, 0) is 35.3 Å². The first-order valence-electron chi connectivity index (χ1n) is 8.94. The molecule has 0 aromatic heterocycles. The molecule has 0 atom stereocenters. The molecule has 6 heteroatoms. The molecule has 5 nitrogen and oxygen atoms in total. The van der Waals surface area contributed by atoms with Gasteiger partial charge in [0, 0.05) is 25.6 Å². The van der Waals surface area contributed by atoms with Crippen LogP contribution < -0.4 is 14.8 Å². The van der Waals surface area contributed by atoms with Crippen LogP contribution in [0.2, 0.25) is 0 Å². The summed E-state index contributed by atoms with van der Waals surface area (Å²) in [6, 6.07) is 14.0. The Morgan fingerprint density at radius 2 is 1.65 bits per heavy atom. The number of sulfonamides is 1. The fourth-order valence-corrected chi connectivity index (χ4v) is 4.51. The van der Waals surface area contributed by atoms with Gasteiger partial charge in [0.05, 0.1) is 12.4 Å². The van der Waals surface area contributed by atoms with Gasteiger partial charge in [0.25, 0.3) is 0 Å². The van der Waals surface area contributed by atoms with Crippen molar-refractivity contribution >= 4 is 10.0 Å². The van der Waals surface area contributed by atoms with E-state index in [9.17, 15) is 8.42 Å². The van der Waals surface area contributed by atoms with Crippen LogP contribution in [0.15, 0.2) is 42.5 Å². The van der Waals surface area contributed by atoms with Crippen LogP contribution in [0.5, 0.6) is 5.75 Å². The number of benzene rings is 2. The fourth-order valence-electron chi connectivity index (χ4n) is 3.07. The Morgan fingerprint density at radius 3 is 2.38 bits per heavy atom. The summed E-state index contributed by atoms with van der Waals surface area (Å²) in [4.78, 5) is 0. The standard InChI is InChI=1S/C20H26N2O3S/c1-15(2)22-26(23,24)14-17-5-3-16(4-6-17)12-21-13-18-7-8-20-19(11-18)9-10-25-20/h3-8,11,15,21-22H,9-10,12-14H2,1-2H3. The molecule has 0 fully saturated rings. The van der Waals surface area contributed by atoms with E-state index in [0.29, 0.717) is 0 Å². The van der Waals surface area contributed by atoms with Gasteiger partial charge in [-0.05, 0) is 42.2 Å². The van der Waals surface area contributed by atoms with Crippen LogP contribution in [0.25, 0.3) is 0 Å². The second-order valence-corrected chi connectivity index (χ2v) is 8.75. The zero-order chi connectivity index (χ0) is 18.6. The van der Waals surface area contributed by atoms with Crippen molar-refractivity contribution in [2.24, 2.45) is 0 Å². The molecule has 3 rings (SSSR count). The Hall–Kier alpha value is -1.89. The van der Waals surface area contributed by atoms with E-state index in [1.54, 1.807) is 0 Å². The van der Waals surface area contributed by atoms with Gasteiger partial charge in [0.2, 0.25) is 10.0 Å². The molecule has 0 saturated heterocycles. The highest BCUT2D eigenvalue weighted by atomic mass is 32.2. The number of hydrogen-bond acceptors (Lipinski definition) is 4. The van der Waals surface area contributed by atoms with Crippen molar-refractivity contribution in [2.45, 2.75) is 45.2 Å². The molecule has 0 bridgehead atoms. The van der Waals surface area contributed by atoms with Gasteiger partial charge in [-0.1, -0.05) is 36.4 Å². The number of fused-ring (bicyclic) bond motifs is 1. The van der Waals surface area contributed by atoms with E-state index in [4.69, 9.17) is 4.74 Å². The summed E-state index contributed by atoms with van der Waals surface area (Å²) >= 11 is 0. The highest BCUT2D eigenvalue weighted by Gasteiger charge is 2.13. The third-order valence-corrected chi connectivity index (χ3v) is 5.75. The molecule has 0 radical (unpaired) electrons. The van der Waals surface area contributed by atoms with E-state index in [-0.39, 0.29) is 11.8 Å². The lowest BCUT2D eigenvalue weighted by Crippen LogP contribution is -2.31. The highest BCUT2D eigenvalue weighted by molar-refractivity contribution is 7.88. The summed E-state index contributed by atoms with van der Waals surface area (Å²) < 4.78 is 32.1. The first kappa shape index (κ1) is 18.9. The first-order chi connectivity index (χ1) is 12.4. The Balaban J connectivity index is 1.50. The number of hydrogen-bond donors (Lipinski definition) is 2. The predicted octanol–water partition coefficient (Wildman–Crippen LogP) is 2.74. The van der Waals surface area contributed by atoms with Crippen molar-refractivity contribution in [3.8, 4) is 5.75 Å². The van der Waals surface area contributed by atoms with E-state index in [2.05, 4.69) is 22.2 Å². The quantitative estimate of drug-likeness (QED) is 0.746. The number of ether oxygens (including phenoxy) is 1. The average Bonchev–Trinajstić information content (AvgIpc) is 3.02. The Labute approximate surface area is 155 Å². The van der Waals surface area contributed by atoms with Crippen LogP contribution in [-0.4, -0.2) is 21.1 Å². The molecule has 2 aromatic rings. The number of rotatable bonds is 8. The van der Waals surface area contributed by atoms with Crippen LogP contribution in [0, 0.1) is 0 Å². The van der Waals surface area contributed by atoms with Gasteiger partial charge < -0.3 is 10.1 Å². The summed E-state index contributed by atoms with van der Waals surface area (Å²) in [6.07, 6.45) is 0.985. The minimum Gasteiger partial charge on any atom is -0.493 e. The monoisotopic (exact) mass is 374 g/mol. The summed E-state index contributed by atoms with van der Waals surface area (Å²) in [5.41, 5.74) is 4.45. The molecule has 26 heavy (non-hydrogen) atoms. The largest absolute Gasteiger partial charge is 0.493 e. The van der Waals surface area contributed by atoms with Crippen LogP contribution in [0.4, 0.5) is 0 Å². The van der Waals surface area contributed by atoms with Gasteiger partial charge in [0.15, 0.2) is 0 Å². The molecule has 1 heterocycles. The lowest BCUT2D eigenvalue weighted by atomic mass is 10.1. The maximum Gasteiger partial charge on any atom is 0.216 e. The zero-order valence-corrected chi connectivity index (χ0v) is 16.1. The van der Waals surface area contributed by atoms with Gasteiger partial charge in [-0.25, -0.2) is 13.1 Å². The van der Waals surface area contributed by atoms with Gasteiger partial charge in [-0.3, -0.25) is 0 Å². The molecule has 0 unspecified atom stereocenters. The molecule has 140 valence electrons. The molecule has 1 aliphatic rings. The van der Waals surface area contributed by atoms with Gasteiger partial charge in [0.1, 0.15) is 5.75 Å². The maximum atomic E-state index is 12.0. The topological polar surface area (TPSA) is 67.4 Å². The normalized spacial score (nSPS) is 13.7. The Kier molecular flexibility index (Phi) is 5.96. The second-order valence-electron chi connectivity index (χ2n) is 6.99. The summed E-state index contributed by atoms with van der Waals surface area (Å²) in [7, 11) is -3.28. The van der Waals surface area contributed by atoms with Gasteiger partial charge >= 0.3 is 0 Å². The molecule has 2 aromatic carbocycles. The second kappa shape index (κ2) is 8.20. The van der Waals surface area contributed by atoms with Crippen molar-refractivity contribution in [2.75, 3.05) is 6.61 Å². The molecule has 0 saturated carbocycles. The highest BCUT2D eigenvalue weighted by Crippen LogP contribution is 2.25. The third-order valence-electron chi connectivity index (χ3n) is 4.21. The van der Waals surface area contributed by atoms with Crippen LogP contribution in [0.3, 0.4) is 0 Å². The molecule has 1 aliphatic heterocycles. The van der Waals surface area contributed by atoms with Crippen molar-refractivity contribution < 1.29 is 13.2 Å². The number of nitrogens with one attached hydrogen (secondary N) is 2. The van der Waals surface area contributed by atoms with E-state index in [1.807, 2.05) is 44.2 Å². The van der Waals surface area contributed by atoms with Gasteiger partial charge in [-0.2, -0.15) is 0 Å². The average molecular weight is 375 g/mol. The summed E-state index contributed by atoms with van der Waals surface area (Å²) in [6.45, 7) is 5.95. The third kappa shape index (κ3) is 5.30. The zero-order valence-electron chi connectivity index (χ0n) is 15.3. The van der Waals surface area contributed by atoms with E-state index in [1.165, 1.54) is 11.1 Å². The van der Waals surface area contributed by atoms with Crippen molar-refractivity contribution in [3.05, 3.63) is 64.7 Å². The van der Waals surface area contributed by atoms with Crippen molar-refractivity contribution in [1.82, 2.24) is 10.0 Å². The first-order valence-corrected chi connectivity index (χ1v) is 10.6. The molecule has 0 aliphatic carbocycles. The van der Waals surface area contributed by atoms with Crippen molar-refractivity contribution in [1.29, 1.82) is 0 Å². The minimum absolute atomic E-state index is 0.0100.